The highest BCUT2D eigenvalue weighted by molar-refractivity contribution is 6.74. The van der Waals surface area contributed by atoms with Crippen molar-refractivity contribution in [2.45, 2.75) is 214 Å². The Kier molecular flexibility index (Phi) is 14.3. The molecule has 0 bridgehead atoms. The van der Waals surface area contributed by atoms with Crippen molar-refractivity contribution in [1.29, 1.82) is 0 Å². The Balaban J connectivity index is 1.48. The maximum Gasteiger partial charge on any atom is 0.192 e. The van der Waals surface area contributed by atoms with Crippen LogP contribution in [0.1, 0.15) is 165 Å². The van der Waals surface area contributed by atoms with Gasteiger partial charge in [-0.15, -0.1) is 0 Å². The van der Waals surface area contributed by atoms with Crippen LogP contribution in [0.15, 0.2) is 47.6 Å². The second-order valence-electron chi connectivity index (χ2n) is 21.2. The van der Waals surface area contributed by atoms with Crippen LogP contribution >= 0.6 is 0 Å². The summed E-state index contributed by atoms with van der Waals surface area (Å²) < 4.78 is 14.2. The number of rotatable bonds is 16. The zero-order valence-corrected chi connectivity index (χ0v) is 38.4. The number of fused-ring (bicyclic) bond motifs is 1. The molecule has 52 heavy (non-hydrogen) atoms. The third kappa shape index (κ3) is 10.2. The zero-order chi connectivity index (χ0) is 38.8. The molecule has 0 heterocycles. The van der Waals surface area contributed by atoms with E-state index in [1.807, 2.05) is 6.08 Å². The van der Waals surface area contributed by atoms with E-state index in [2.05, 4.69) is 107 Å². The van der Waals surface area contributed by atoms with Gasteiger partial charge in [-0.3, -0.25) is 4.79 Å². The zero-order valence-electron chi connectivity index (χ0n) is 36.4. The van der Waals surface area contributed by atoms with Crippen molar-refractivity contribution in [3.8, 4) is 0 Å². The van der Waals surface area contributed by atoms with E-state index in [-0.39, 0.29) is 33.1 Å². The predicted molar refractivity (Wildman–Crippen MR) is 230 cm³/mol. The molecular formula is C47H82O3Si2. The summed E-state index contributed by atoms with van der Waals surface area (Å²) in [5.74, 6) is 2.09. The fourth-order valence-electron chi connectivity index (χ4n) is 9.47. The Morgan fingerprint density at radius 3 is 2.13 bits per heavy atom. The molecule has 0 N–H and O–H groups in total. The average Bonchev–Trinajstić information content (AvgIpc) is 3.74. The van der Waals surface area contributed by atoms with Crippen molar-refractivity contribution in [3.05, 3.63) is 47.6 Å². The summed E-state index contributed by atoms with van der Waals surface area (Å²) in [6.07, 6.45) is 28.7. The third-order valence-electron chi connectivity index (χ3n) is 15.3. The molecular weight excluding hydrogens is 669 g/mol. The van der Waals surface area contributed by atoms with Crippen molar-refractivity contribution in [2.75, 3.05) is 0 Å². The molecule has 5 heteroatoms. The van der Waals surface area contributed by atoms with Gasteiger partial charge in [-0.05, 0) is 134 Å². The van der Waals surface area contributed by atoms with Crippen LogP contribution < -0.4 is 0 Å². The second kappa shape index (κ2) is 17.0. The van der Waals surface area contributed by atoms with Gasteiger partial charge in [0.1, 0.15) is 0 Å². The molecule has 4 aliphatic rings. The molecule has 0 amide bonds. The molecule has 0 aliphatic heterocycles. The third-order valence-corrected chi connectivity index (χ3v) is 24.4. The molecule has 0 radical (unpaired) electrons. The normalized spacial score (nSPS) is 30.7. The number of hydrogen-bond donors (Lipinski definition) is 0. The Labute approximate surface area is 324 Å². The van der Waals surface area contributed by atoms with E-state index in [9.17, 15) is 4.79 Å². The summed E-state index contributed by atoms with van der Waals surface area (Å²) in [6, 6.07) is 0. The van der Waals surface area contributed by atoms with Crippen LogP contribution in [0, 0.1) is 28.6 Å². The van der Waals surface area contributed by atoms with Gasteiger partial charge in [0.15, 0.2) is 22.4 Å². The quantitative estimate of drug-likeness (QED) is 0.0895. The lowest BCUT2D eigenvalue weighted by Crippen LogP contribution is -2.49. The van der Waals surface area contributed by atoms with Gasteiger partial charge < -0.3 is 8.85 Å². The highest BCUT2D eigenvalue weighted by atomic mass is 28.4. The molecule has 4 aliphatic carbocycles. The summed E-state index contributed by atoms with van der Waals surface area (Å²) in [5.41, 5.74) is 4.40. The molecule has 0 spiro atoms. The minimum absolute atomic E-state index is 0.0115. The molecule has 0 aromatic rings. The molecule has 4 saturated carbocycles. The predicted octanol–water partition coefficient (Wildman–Crippen LogP) is 14.5. The first-order valence-electron chi connectivity index (χ1n) is 21.7. The summed E-state index contributed by atoms with van der Waals surface area (Å²) in [4.78, 5) is 13.5. The van der Waals surface area contributed by atoms with Gasteiger partial charge in [0.05, 0.1) is 12.2 Å². The van der Waals surface area contributed by atoms with Gasteiger partial charge in [0.2, 0.25) is 0 Å². The van der Waals surface area contributed by atoms with Crippen LogP contribution in [-0.2, 0) is 13.6 Å². The lowest BCUT2D eigenvalue weighted by molar-refractivity contribution is -0.119. The number of ketones is 1. The van der Waals surface area contributed by atoms with E-state index in [4.69, 9.17) is 15.4 Å². The first kappa shape index (κ1) is 43.7. The standard InChI is InChI=1S/C47H82O3Si2/c1-15-16-17-18-19-20-30-47(31-32-47)43(48)28-23-35(2)40-26-27-41-37(22-21-29-46(40,41)10)24-25-38-33-39(49-51(11,12)44(4,5)6)34-42(36(38)3)50-52(13,14)45(7,8)9/h23-25,28,35,39-42H,3,15-22,26-27,29-34H2,1-2,4-14H3/t35-,39-,40-,41+,42+,46-/m1/s1. The molecule has 4 fully saturated rings. The maximum absolute atomic E-state index is 13.5. The molecule has 0 aromatic heterocycles. The first-order chi connectivity index (χ1) is 24.1. The number of allylic oxidation sites excluding steroid dienone is 5. The average molecular weight is 751 g/mol. The molecule has 6 atom stereocenters. The van der Waals surface area contributed by atoms with Crippen LogP contribution in [-0.4, -0.2) is 34.6 Å². The Morgan fingerprint density at radius 1 is 0.904 bits per heavy atom. The van der Waals surface area contributed by atoms with Crippen LogP contribution in [0.2, 0.25) is 36.3 Å². The lowest BCUT2D eigenvalue weighted by atomic mass is 9.61. The van der Waals surface area contributed by atoms with Crippen molar-refractivity contribution in [1.82, 2.24) is 0 Å². The number of carbonyl (C=O) groups is 1. The largest absolute Gasteiger partial charge is 0.413 e. The minimum atomic E-state index is -2.00. The molecule has 3 nitrogen and oxygen atoms in total. The van der Waals surface area contributed by atoms with E-state index in [0.29, 0.717) is 23.5 Å². The van der Waals surface area contributed by atoms with Crippen molar-refractivity contribution in [2.24, 2.45) is 28.6 Å². The summed E-state index contributed by atoms with van der Waals surface area (Å²) in [7, 11) is -3.94. The highest BCUT2D eigenvalue weighted by Gasteiger charge is 2.51. The number of carbonyl (C=O) groups excluding carboxylic acids is 1. The van der Waals surface area contributed by atoms with Gasteiger partial charge in [-0.2, -0.15) is 0 Å². The van der Waals surface area contributed by atoms with Crippen molar-refractivity contribution in [3.63, 3.8) is 0 Å². The van der Waals surface area contributed by atoms with E-state index in [1.165, 1.54) is 81.8 Å². The van der Waals surface area contributed by atoms with Crippen LogP contribution in [0.3, 0.4) is 0 Å². The Bertz CT molecular complexity index is 1330. The highest BCUT2D eigenvalue weighted by Crippen LogP contribution is 2.60. The first-order valence-corrected chi connectivity index (χ1v) is 27.6. The van der Waals surface area contributed by atoms with Crippen molar-refractivity contribution < 1.29 is 13.6 Å². The Hall–Kier alpha value is -1.02. The maximum atomic E-state index is 13.5. The number of unbranched alkanes of at least 4 members (excludes halogenated alkanes) is 5. The van der Waals surface area contributed by atoms with E-state index >= 15 is 0 Å². The fourth-order valence-corrected chi connectivity index (χ4v) is 12.1. The van der Waals surface area contributed by atoms with Gasteiger partial charge in [0.25, 0.3) is 0 Å². The van der Waals surface area contributed by atoms with E-state index in [0.717, 1.165) is 32.1 Å². The number of hydrogen-bond acceptors (Lipinski definition) is 3. The van der Waals surface area contributed by atoms with Crippen LogP contribution in [0.5, 0.6) is 0 Å². The molecule has 0 saturated heterocycles. The van der Waals surface area contributed by atoms with Crippen LogP contribution in [0.4, 0.5) is 0 Å². The molecule has 4 rings (SSSR count). The summed E-state index contributed by atoms with van der Waals surface area (Å²) >= 11 is 0. The molecule has 296 valence electrons. The van der Waals surface area contributed by atoms with E-state index in [1.54, 1.807) is 5.57 Å². The summed E-state index contributed by atoms with van der Waals surface area (Å²) in [5, 5.41) is 0.311. The second-order valence-corrected chi connectivity index (χ2v) is 30.8. The molecule has 0 unspecified atom stereocenters. The minimum Gasteiger partial charge on any atom is -0.413 e. The fraction of sp³-hybridized carbons (Fsp3) is 0.809. The monoisotopic (exact) mass is 751 g/mol. The van der Waals surface area contributed by atoms with Gasteiger partial charge >= 0.3 is 0 Å². The topological polar surface area (TPSA) is 35.5 Å². The van der Waals surface area contributed by atoms with E-state index < -0.39 is 16.6 Å². The van der Waals surface area contributed by atoms with Gasteiger partial charge in [-0.1, -0.05) is 131 Å². The Morgan fingerprint density at radius 2 is 1.52 bits per heavy atom. The van der Waals surface area contributed by atoms with Crippen molar-refractivity contribution >= 4 is 22.4 Å². The van der Waals surface area contributed by atoms with Gasteiger partial charge in [-0.25, -0.2) is 0 Å². The smallest absolute Gasteiger partial charge is 0.192 e. The van der Waals surface area contributed by atoms with Gasteiger partial charge in [0, 0.05) is 11.8 Å². The molecule has 0 aromatic carbocycles. The SMILES string of the molecule is C=C1C(=CC=C2CCC[C@]3(C)[C@@H]([C@H](C)C=CC(=O)C4(CCCCCCCC)CC4)CC[C@@H]23)C[C@@H](O[Si](C)(C)C(C)(C)C)C[C@@H]1O[Si](C)(C)C(C)(C)C. The lowest BCUT2D eigenvalue weighted by Gasteiger charge is -2.45. The van der Waals surface area contributed by atoms with Crippen LogP contribution in [0.25, 0.3) is 0 Å². The summed E-state index contributed by atoms with van der Waals surface area (Å²) in [6.45, 7) is 35.5.